The third-order valence-electron chi connectivity index (χ3n) is 4.00. The lowest BCUT2D eigenvalue weighted by atomic mass is 10.0. The maximum absolute atomic E-state index is 12.4. The van der Waals surface area contributed by atoms with Crippen molar-refractivity contribution in [3.8, 4) is 5.75 Å². The van der Waals surface area contributed by atoms with Gasteiger partial charge in [0, 0.05) is 22.5 Å². The number of para-hydroxylation sites is 1. The van der Waals surface area contributed by atoms with Crippen LogP contribution in [-0.4, -0.2) is 23.9 Å². The predicted molar refractivity (Wildman–Crippen MR) is 86.9 cm³/mol. The number of methoxy groups -OCH3 is 1. The quantitative estimate of drug-likeness (QED) is 0.430. The first-order valence-corrected chi connectivity index (χ1v) is 7.06. The Morgan fingerprint density at radius 3 is 2.61 bits per heavy atom. The number of anilines is 2. The SMILES string of the molecule is COc1ccc2c(c1)/C(=C1/Nc3ccccc3/C1=N\O)C(=O)N2. The highest BCUT2D eigenvalue weighted by Gasteiger charge is 2.34. The van der Waals surface area contributed by atoms with E-state index in [0.29, 0.717) is 34.0 Å². The molecular weight excluding hydrogens is 294 g/mol. The maximum atomic E-state index is 12.4. The van der Waals surface area contributed by atoms with Crippen LogP contribution in [0.4, 0.5) is 11.4 Å². The Kier molecular flexibility index (Phi) is 2.84. The Balaban J connectivity index is 1.95. The van der Waals surface area contributed by atoms with Gasteiger partial charge in [-0.3, -0.25) is 4.79 Å². The average Bonchev–Trinajstić information content (AvgIpc) is 3.09. The molecule has 0 fully saturated rings. The van der Waals surface area contributed by atoms with Crippen molar-refractivity contribution in [1.82, 2.24) is 0 Å². The molecule has 2 aliphatic heterocycles. The number of oxime groups is 1. The minimum absolute atomic E-state index is 0.246. The van der Waals surface area contributed by atoms with E-state index in [-0.39, 0.29) is 5.91 Å². The number of allylic oxidation sites excluding steroid dienone is 1. The number of nitrogens with zero attached hydrogens (tertiary/aromatic N) is 1. The van der Waals surface area contributed by atoms with Crippen LogP contribution < -0.4 is 15.4 Å². The fourth-order valence-corrected chi connectivity index (χ4v) is 2.93. The number of amides is 1. The third-order valence-corrected chi connectivity index (χ3v) is 4.00. The number of fused-ring (bicyclic) bond motifs is 2. The van der Waals surface area contributed by atoms with E-state index in [1.54, 1.807) is 25.3 Å². The van der Waals surface area contributed by atoms with E-state index in [9.17, 15) is 10.0 Å². The summed E-state index contributed by atoms with van der Waals surface area (Å²) < 4.78 is 5.24. The molecule has 4 rings (SSSR count). The molecule has 114 valence electrons. The number of hydrogen-bond donors (Lipinski definition) is 3. The van der Waals surface area contributed by atoms with Gasteiger partial charge in [0.15, 0.2) is 0 Å². The lowest BCUT2D eigenvalue weighted by Gasteiger charge is -2.06. The summed E-state index contributed by atoms with van der Waals surface area (Å²) in [5, 5.41) is 18.8. The zero-order valence-corrected chi connectivity index (χ0v) is 12.3. The van der Waals surface area contributed by atoms with Gasteiger partial charge < -0.3 is 20.6 Å². The van der Waals surface area contributed by atoms with Crippen molar-refractivity contribution < 1.29 is 14.7 Å². The highest BCUT2D eigenvalue weighted by atomic mass is 16.5. The highest BCUT2D eigenvalue weighted by molar-refractivity contribution is 6.39. The summed E-state index contributed by atoms with van der Waals surface area (Å²) >= 11 is 0. The monoisotopic (exact) mass is 307 g/mol. The van der Waals surface area contributed by atoms with Crippen molar-refractivity contribution in [1.29, 1.82) is 0 Å². The largest absolute Gasteiger partial charge is 0.497 e. The molecule has 0 aromatic heterocycles. The highest BCUT2D eigenvalue weighted by Crippen LogP contribution is 2.40. The summed E-state index contributed by atoms with van der Waals surface area (Å²) in [5.41, 5.74) is 4.23. The number of hydrogen-bond acceptors (Lipinski definition) is 5. The van der Waals surface area contributed by atoms with Crippen molar-refractivity contribution in [2.75, 3.05) is 17.7 Å². The number of carbonyl (C=O) groups is 1. The molecule has 1 amide bonds. The minimum atomic E-state index is -0.246. The van der Waals surface area contributed by atoms with Crippen LogP contribution in [0.1, 0.15) is 11.1 Å². The summed E-state index contributed by atoms with van der Waals surface area (Å²) in [6, 6.07) is 12.8. The number of nitrogens with one attached hydrogen (secondary N) is 2. The van der Waals surface area contributed by atoms with E-state index in [1.807, 2.05) is 24.3 Å². The van der Waals surface area contributed by atoms with Gasteiger partial charge in [-0.15, -0.1) is 0 Å². The van der Waals surface area contributed by atoms with Crippen LogP contribution in [0.3, 0.4) is 0 Å². The molecule has 6 nitrogen and oxygen atoms in total. The Bertz CT molecular complexity index is 900. The molecular formula is C17H13N3O3. The van der Waals surface area contributed by atoms with Gasteiger partial charge in [0.2, 0.25) is 0 Å². The summed E-state index contributed by atoms with van der Waals surface area (Å²) in [4.78, 5) is 12.4. The number of carbonyl (C=O) groups excluding carboxylic acids is 1. The Hall–Kier alpha value is -3.28. The molecule has 0 atom stereocenters. The van der Waals surface area contributed by atoms with E-state index in [2.05, 4.69) is 15.8 Å². The maximum Gasteiger partial charge on any atom is 0.258 e. The Morgan fingerprint density at radius 1 is 1.04 bits per heavy atom. The zero-order chi connectivity index (χ0) is 16.0. The van der Waals surface area contributed by atoms with Crippen LogP contribution in [0.15, 0.2) is 53.3 Å². The minimum Gasteiger partial charge on any atom is -0.497 e. The van der Waals surface area contributed by atoms with Gasteiger partial charge >= 0.3 is 0 Å². The molecule has 2 heterocycles. The lowest BCUT2D eigenvalue weighted by Crippen LogP contribution is -2.12. The Labute approximate surface area is 132 Å². The molecule has 2 aromatic rings. The second-order valence-electron chi connectivity index (χ2n) is 5.23. The molecule has 0 radical (unpaired) electrons. The molecule has 0 aliphatic carbocycles. The van der Waals surface area contributed by atoms with E-state index >= 15 is 0 Å². The van der Waals surface area contributed by atoms with Gasteiger partial charge in [-0.1, -0.05) is 23.4 Å². The van der Waals surface area contributed by atoms with Gasteiger partial charge in [0.05, 0.1) is 18.4 Å². The molecule has 2 aromatic carbocycles. The molecule has 6 heteroatoms. The number of ether oxygens (including phenoxy) is 1. The molecule has 23 heavy (non-hydrogen) atoms. The van der Waals surface area contributed by atoms with Crippen molar-refractivity contribution in [3.05, 3.63) is 59.3 Å². The first kappa shape index (κ1) is 13.4. The van der Waals surface area contributed by atoms with Crippen molar-refractivity contribution in [2.45, 2.75) is 0 Å². The second-order valence-corrected chi connectivity index (χ2v) is 5.23. The van der Waals surface area contributed by atoms with Crippen LogP contribution in [0, 0.1) is 0 Å². The fraction of sp³-hybridized carbons (Fsp3) is 0.0588. The summed E-state index contributed by atoms with van der Waals surface area (Å²) in [7, 11) is 1.57. The van der Waals surface area contributed by atoms with Crippen LogP contribution >= 0.6 is 0 Å². The summed E-state index contributed by atoms with van der Waals surface area (Å²) in [6.07, 6.45) is 0. The molecule has 0 saturated heterocycles. The fourth-order valence-electron chi connectivity index (χ4n) is 2.93. The smallest absolute Gasteiger partial charge is 0.258 e. The number of benzene rings is 2. The van der Waals surface area contributed by atoms with Crippen LogP contribution in [0.2, 0.25) is 0 Å². The Morgan fingerprint density at radius 2 is 1.83 bits per heavy atom. The summed E-state index contributed by atoms with van der Waals surface area (Å²) in [6.45, 7) is 0. The molecule has 0 saturated carbocycles. The summed E-state index contributed by atoms with van der Waals surface area (Å²) in [5.74, 6) is 0.404. The van der Waals surface area contributed by atoms with Gasteiger partial charge in [-0.25, -0.2) is 0 Å². The van der Waals surface area contributed by atoms with Crippen molar-refractivity contribution in [2.24, 2.45) is 5.16 Å². The third kappa shape index (κ3) is 1.88. The van der Waals surface area contributed by atoms with Gasteiger partial charge in [0.1, 0.15) is 11.5 Å². The van der Waals surface area contributed by atoms with Crippen LogP contribution in [0.25, 0.3) is 5.57 Å². The van der Waals surface area contributed by atoms with Gasteiger partial charge in [-0.2, -0.15) is 0 Å². The van der Waals surface area contributed by atoms with Crippen molar-refractivity contribution >= 4 is 28.6 Å². The van der Waals surface area contributed by atoms with E-state index in [1.165, 1.54) is 0 Å². The first-order valence-electron chi connectivity index (χ1n) is 7.06. The van der Waals surface area contributed by atoms with Crippen LogP contribution in [0.5, 0.6) is 5.75 Å². The average molecular weight is 307 g/mol. The van der Waals surface area contributed by atoms with Crippen LogP contribution in [-0.2, 0) is 4.79 Å². The molecule has 0 bridgehead atoms. The van der Waals surface area contributed by atoms with E-state index < -0.39 is 0 Å². The van der Waals surface area contributed by atoms with E-state index in [0.717, 1.165) is 11.3 Å². The zero-order valence-electron chi connectivity index (χ0n) is 12.3. The second kappa shape index (κ2) is 4.88. The predicted octanol–water partition coefficient (Wildman–Crippen LogP) is 2.66. The molecule has 2 aliphatic rings. The topological polar surface area (TPSA) is 82.9 Å². The first-order chi connectivity index (χ1) is 11.2. The van der Waals surface area contributed by atoms with Gasteiger partial charge in [-0.05, 0) is 24.3 Å². The lowest BCUT2D eigenvalue weighted by molar-refractivity contribution is -0.110. The molecule has 0 spiro atoms. The normalized spacial score (nSPS) is 20.0. The standard InChI is InChI=1S/C17H13N3O3/c1-23-9-6-7-13-11(8-9)14(17(21)19-13)16-15(20-22)10-4-2-3-5-12(10)18-16/h2-8,18,22H,1H3,(H,19,21)/b16-14-,20-15+. The van der Waals surface area contributed by atoms with Gasteiger partial charge in [0.25, 0.3) is 5.91 Å². The van der Waals surface area contributed by atoms with E-state index in [4.69, 9.17) is 4.74 Å². The molecule has 3 N–H and O–H groups in total. The van der Waals surface area contributed by atoms with Crippen molar-refractivity contribution in [3.63, 3.8) is 0 Å². The number of rotatable bonds is 1. The molecule has 0 unspecified atom stereocenters.